The van der Waals surface area contributed by atoms with Gasteiger partial charge in [-0.15, -0.1) is 0 Å². The van der Waals surface area contributed by atoms with Gasteiger partial charge in [0.05, 0.1) is 11.9 Å². The molecule has 0 heterocycles. The summed E-state index contributed by atoms with van der Waals surface area (Å²) in [6.45, 7) is 7.33. The lowest BCUT2D eigenvalue weighted by molar-refractivity contribution is -0.140. The molecular formula is C24H32IN3O4S. The summed E-state index contributed by atoms with van der Waals surface area (Å²) < 4.78 is 27.2. The molecule has 0 aromatic heterocycles. The number of rotatable bonds is 10. The Bertz CT molecular complexity index is 1070. The van der Waals surface area contributed by atoms with Gasteiger partial charge in [0.1, 0.15) is 12.6 Å². The largest absolute Gasteiger partial charge is 0.352 e. The zero-order chi connectivity index (χ0) is 24.8. The molecule has 2 amide bonds. The van der Waals surface area contributed by atoms with Crippen LogP contribution in [-0.2, 0) is 26.2 Å². The van der Waals surface area contributed by atoms with Gasteiger partial charge < -0.3 is 10.2 Å². The molecule has 2 rings (SSSR count). The van der Waals surface area contributed by atoms with Crippen molar-refractivity contribution in [1.29, 1.82) is 0 Å². The minimum Gasteiger partial charge on any atom is -0.352 e. The smallest absolute Gasteiger partial charge is 0.244 e. The molecule has 0 aliphatic rings. The molecule has 7 nitrogen and oxygen atoms in total. The zero-order valence-corrected chi connectivity index (χ0v) is 22.7. The number of sulfonamides is 1. The summed E-state index contributed by atoms with van der Waals surface area (Å²) in [4.78, 5) is 28.0. The number of hydrogen-bond donors (Lipinski definition) is 1. The molecule has 180 valence electrons. The molecule has 2 aromatic carbocycles. The van der Waals surface area contributed by atoms with Crippen molar-refractivity contribution in [1.82, 2.24) is 10.2 Å². The molecule has 1 unspecified atom stereocenters. The predicted molar refractivity (Wildman–Crippen MR) is 140 cm³/mol. The first-order chi connectivity index (χ1) is 15.4. The number of aryl methyl sites for hydroxylation is 1. The fourth-order valence-electron chi connectivity index (χ4n) is 3.53. The second kappa shape index (κ2) is 11.8. The number of nitrogens with one attached hydrogen (secondary N) is 1. The summed E-state index contributed by atoms with van der Waals surface area (Å²) in [6, 6.07) is 13.8. The van der Waals surface area contributed by atoms with E-state index < -0.39 is 28.5 Å². The Morgan fingerprint density at radius 1 is 1.09 bits per heavy atom. The number of carbonyl (C=O) groups excluding carboxylic acids is 2. The zero-order valence-electron chi connectivity index (χ0n) is 19.7. The van der Waals surface area contributed by atoms with Crippen molar-refractivity contribution >= 4 is 50.1 Å². The maximum absolute atomic E-state index is 13.6. The van der Waals surface area contributed by atoms with Crippen molar-refractivity contribution in [3.05, 3.63) is 63.2 Å². The number of amides is 2. The van der Waals surface area contributed by atoms with E-state index in [1.807, 2.05) is 52.0 Å². The fourth-order valence-corrected chi connectivity index (χ4v) is 4.74. The van der Waals surface area contributed by atoms with E-state index in [0.717, 1.165) is 25.3 Å². The highest BCUT2D eigenvalue weighted by Gasteiger charge is 2.31. The Balaban J connectivity index is 2.43. The lowest BCUT2D eigenvalue weighted by Gasteiger charge is -2.33. The van der Waals surface area contributed by atoms with Gasteiger partial charge in [-0.25, -0.2) is 8.42 Å². The summed E-state index contributed by atoms with van der Waals surface area (Å²) >= 11 is 2.13. The second-order valence-electron chi connectivity index (χ2n) is 8.34. The molecule has 0 spiro atoms. The molecule has 0 fully saturated rings. The Morgan fingerprint density at radius 3 is 2.24 bits per heavy atom. The summed E-state index contributed by atoms with van der Waals surface area (Å²) in [5, 5.41) is 2.88. The first-order valence-corrected chi connectivity index (χ1v) is 13.7. The average Bonchev–Trinajstić information content (AvgIpc) is 2.71. The first-order valence-electron chi connectivity index (χ1n) is 10.8. The monoisotopic (exact) mass is 585 g/mol. The summed E-state index contributed by atoms with van der Waals surface area (Å²) in [6.07, 6.45) is 1.48. The molecule has 33 heavy (non-hydrogen) atoms. The van der Waals surface area contributed by atoms with E-state index in [-0.39, 0.29) is 18.5 Å². The van der Waals surface area contributed by atoms with E-state index in [1.54, 1.807) is 24.3 Å². The number of benzene rings is 2. The highest BCUT2D eigenvalue weighted by molar-refractivity contribution is 14.1. The van der Waals surface area contributed by atoms with Crippen LogP contribution in [0.5, 0.6) is 0 Å². The third kappa shape index (κ3) is 7.99. The maximum Gasteiger partial charge on any atom is 0.244 e. The third-order valence-electron chi connectivity index (χ3n) is 5.05. The van der Waals surface area contributed by atoms with Crippen LogP contribution in [0.4, 0.5) is 5.69 Å². The standard InChI is InChI=1S/C24H32IN3O4S/c1-6-22(24(30)26-17(2)3)27(15-19-9-7-8-18(4)14-19)23(29)16-28(33(5,31)32)21-12-10-20(25)11-13-21/h7-14,17,22H,6,15-16H2,1-5H3,(H,26,30). The van der Waals surface area contributed by atoms with Crippen molar-refractivity contribution in [2.24, 2.45) is 0 Å². The highest BCUT2D eigenvalue weighted by Crippen LogP contribution is 2.21. The lowest BCUT2D eigenvalue weighted by Crippen LogP contribution is -2.53. The number of nitrogens with zero attached hydrogens (tertiary/aromatic N) is 2. The Kier molecular flexibility index (Phi) is 9.71. The number of hydrogen-bond acceptors (Lipinski definition) is 4. The molecule has 0 saturated carbocycles. The minimum absolute atomic E-state index is 0.0817. The minimum atomic E-state index is -3.73. The van der Waals surface area contributed by atoms with E-state index in [0.29, 0.717) is 12.1 Å². The molecular weight excluding hydrogens is 553 g/mol. The van der Waals surface area contributed by atoms with Gasteiger partial charge >= 0.3 is 0 Å². The summed E-state index contributed by atoms with van der Waals surface area (Å²) in [5.74, 6) is -0.695. The topological polar surface area (TPSA) is 86.8 Å². The van der Waals surface area contributed by atoms with Crippen molar-refractivity contribution in [3.8, 4) is 0 Å². The van der Waals surface area contributed by atoms with Crippen LogP contribution in [0, 0.1) is 10.5 Å². The van der Waals surface area contributed by atoms with Crippen LogP contribution in [0.3, 0.4) is 0 Å². The molecule has 1 N–H and O–H groups in total. The molecule has 9 heteroatoms. The fraction of sp³-hybridized carbons (Fsp3) is 0.417. The lowest BCUT2D eigenvalue weighted by atomic mass is 10.1. The van der Waals surface area contributed by atoms with Crippen LogP contribution in [0.2, 0.25) is 0 Å². The second-order valence-corrected chi connectivity index (χ2v) is 11.5. The summed E-state index contributed by atoms with van der Waals surface area (Å²) in [7, 11) is -3.73. The van der Waals surface area contributed by atoms with Gasteiger partial charge in [-0.1, -0.05) is 36.8 Å². The van der Waals surface area contributed by atoms with E-state index in [2.05, 4.69) is 27.9 Å². The van der Waals surface area contributed by atoms with Crippen molar-refractivity contribution in [2.45, 2.75) is 52.7 Å². The molecule has 0 aliphatic carbocycles. The SMILES string of the molecule is CCC(C(=O)NC(C)C)N(Cc1cccc(C)c1)C(=O)CN(c1ccc(I)cc1)S(C)(=O)=O. The Morgan fingerprint density at radius 2 is 1.73 bits per heavy atom. The molecule has 0 radical (unpaired) electrons. The van der Waals surface area contributed by atoms with E-state index in [4.69, 9.17) is 0 Å². The van der Waals surface area contributed by atoms with Crippen molar-refractivity contribution in [3.63, 3.8) is 0 Å². The van der Waals surface area contributed by atoms with Crippen molar-refractivity contribution < 1.29 is 18.0 Å². The van der Waals surface area contributed by atoms with Gasteiger partial charge in [-0.3, -0.25) is 13.9 Å². The quantitative estimate of drug-likeness (QED) is 0.431. The average molecular weight is 586 g/mol. The highest BCUT2D eigenvalue weighted by atomic mass is 127. The van der Waals surface area contributed by atoms with E-state index in [9.17, 15) is 18.0 Å². The van der Waals surface area contributed by atoms with Crippen LogP contribution >= 0.6 is 22.6 Å². The van der Waals surface area contributed by atoms with Crippen molar-refractivity contribution in [2.75, 3.05) is 17.1 Å². The van der Waals surface area contributed by atoms with Gasteiger partial charge in [-0.05, 0) is 79.6 Å². The van der Waals surface area contributed by atoms with Gasteiger partial charge in [-0.2, -0.15) is 0 Å². The predicted octanol–water partition coefficient (Wildman–Crippen LogP) is 3.70. The number of halogens is 1. The van der Waals surface area contributed by atoms with Crippen LogP contribution in [0.25, 0.3) is 0 Å². The molecule has 0 saturated heterocycles. The van der Waals surface area contributed by atoms with Gasteiger partial charge in [0, 0.05) is 16.2 Å². The third-order valence-corrected chi connectivity index (χ3v) is 6.91. The van der Waals surface area contributed by atoms with E-state index >= 15 is 0 Å². The van der Waals surface area contributed by atoms with Crippen LogP contribution in [0.15, 0.2) is 48.5 Å². The molecule has 0 aliphatic heterocycles. The van der Waals surface area contributed by atoms with E-state index in [1.165, 1.54) is 4.90 Å². The van der Waals surface area contributed by atoms with Gasteiger partial charge in [0.15, 0.2) is 0 Å². The normalized spacial score (nSPS) is 12.3. The molecule has 2 aromatic rings. The van der Waals surface area contributed by atoms with Crippen LogP contribution in [-0.4, -0.2) is 50.0 Å². The maximum atomic E-state index is 13.6. The molecule has 0 bridgehead atoms. The van der Waals surface area contributed by atoms with Gasteiger partial charge in [0.25, 0.3) is 0 Å². The Hall–Kier alpha value is -2.14. The number of carbonyl (C=O) groups is 2. The first kappa shape index (κ1) is 27.1. The molecule has 1 atom stereocenters. The van der Waals surface area contributed by atoms with Crippen LogP contribution in [0.1, 0.15) is 38.3 Å². The Labute approximate surface area is 210 Å². The number of anilines is 1. The van der Waals surface area contributed by atoms with Gasteiger partial charge in [0.2, 0.25) is 21.8 Å². The van der Waals surface area contributed by atoms with Crippen LogP contribution < -0.4 is 9.62 Å². The summed E-state index contributed by atoms with van der Waals surface area (Å²) in [5.41, 5.74) is 2.32.